The number of carbonyl (C=O) groups excluding carboxylic acids is 1. The van der Waals surface area contributed by atoms with Crippen LogP contribution < -0.4 is 0 Å². The van der Waals surface area contributed by atoms with Crippen molar-refractivity contribution in [3.63, 3.8) is 0 Å². The van der Waals surface area contributed by atoms with E-state index in [2.05, 4.69) is 5.10 Å². The number of fused-ring (bicyclic) bond motifs is 1. The molecule has 0 spiro atoms. The minimum absolute atomic E-state index is 0.0485. The molecule has 3 aromatic rings. The molecular weight excluding hydrogens is 374 g/mol. The molecule has 0 aliphatic carbocycles. The summed E-state index contributed by atoms with van der Waals surface area (Å²) >= 11 is 7.45. The smallest absolute Gasteiger partial charge is 0.303 e. The van der Waals surface area contributed by atoms with Crippen molar-refractivity contribution in [2.75, 3.05) is 13.6 Å². The molecule has 0 saturated heterocycles. The zero-order valence-electron chi connectivity index (χ0n) is 14.4. The monoisotopic (exact) mass is 391 g/mol. The summed E-state index contributed by atoms with van der Waals surface area (Å²) in [7, 11) is 1.69. The number of carboxylic acids is 1. The topological polar surface area (TPSA) is 75.4 Å². The first-order valence-electron chi connectivity index (χ1n) is 8.09. The van der Waals surface area contributed by atoms with Gasteiger partial charge in [-0.15, -0.1) is 11.3 Å². The van der Waals surface area contributed by atoms with E-state index in [4.69, 9.17) is 16.7 Å². The van der Waals surface area contributed by atoms with E-state index >= 15 is 0 Å². The van der Waals surface area contributed by atoms with Crippen LogP contribution in [0.1, 0.15) is 28.2 Å². The maximum Gasteiger partial charge on any atom is 0.303 e. The SMILES string of the molecule is Cc1nn(-c2cccc(Cl)c2)c2sc(C(=O)N(C)CCCC(=O)O)cc12. The molecule has 26 heavy (non-hydrogen) atoms. The van der Waals surface area contributed by atoms with E-state index in [-0.39, 0.29) is 12.3 Å². The number of nitrogens with zero attached hydrogens (tertiary/aromatic N) is 3. The standard InChI is InChI=1S/C18H18ClN3O3S/c1-11-14-10-15(17(25)21(2)8-4-7-16(23)24)26-18(14)22(20-11)13-6-3-5-12(19)9-13/h3,5-6,9-10H,4,7-8H2,1-2H3,(H,23,24). The van der Waals surface area contributed by atoms with Crippen molar-refractivity contribution >= 4 is 45.0 Å². The van der Waals surface area contributed by atoms with Gasteiger partial charge < -0.3 is 10.0 Å². The van der Waals surface area contributed by atoms with Gasteiger partial charge in [0.15, 0.2) is 0 Å². The Morgan fingerprint density at radius 1 is 1.35 bits per heavy atom. The molecule has 0 atom stereocenters. The summed E-state index contributed by atoms with van der Waals surface area (Å²) in [5.74, 6) is -0.974. The minimum atomic E-state index is -0.857. The number of carboxylic acid groups (broad SMARTS) is 1. The van der Waals surface area contributed by atoms with Gasteiger partial charge in [-0.25, -0.2) is 4.68 Å². The molecule has 136 valence electrons. The van der Waals surface area contributed by atoms with Crippen LogP contribution in [0.2, 0.25) is 5.02 Å². The summed E-state index contributed by atoms with van der Waals surface area (Å²) in [6.07, 6.45) is 0.477. The number of halogens is 1. The molecule has 1 N–H and O–H groups in total. The van der Waals surface area contributed by atoms with Crippen molar-refractivity contribution in [2.45, 2.75) is 19.8 Å². The van der Waals surface area contributed by atoms with Gasteiger partial charge in [0, 0.05) is 30.4 Å². The Bertz CT molecular complexity index is 979. The second kappa shape index (κ2) is 7.47. The molecule has 0 bridgehead atoms. The molecule has 0 aliphatic rings. The molecular formula is C18H18ClN3O3S. The Labute approximate surface area is 159 Å². The van der Waals surface area contributed by atoms with Crippen molar-refractivity contribution in [1.82, 2.24) is 14.7 Å². The highest BCUT2D eigenvalue weighted by atomic mass is 35.5. The fourth-order valence-electron chi connectivity index (χ4n) is 2.69. The Hall–Kier alpha value is -2.38. The average Bonchev–Trinajstić information content (AvgIpc) is 3.14. The summed E-state index contributed by atoms with van der Waals surface area (Å²) in [5.41, 5.74) is 1.68. The van der Waals surface area contributed by atoms with Crippen LogP contribution in [0.3, 0.4) is 0 Å². The van der Waals surface area contributed by atoms with Crippen molar-refractivity contribution in [2.24, 2.45) is 0 Å². The highest BCUT2D eigenvalue weighted by Crippen LogP contribution is 2.31. The molecule has 1 amide bonds. The number of rotatable bonds is 6. The third-order valence-corrected chi connectivity index (χ3v) is 5.37. The van der Waals surface area contributed by atoms with Gasteiger partial charge in [-0.3, -0.25) is 9.59 Å². The predicted octanol–water partition coefficient (Wildman–Crippen LogP) is 3.99. The lowest BCUT2D eigenvalue weighted by molar-refractivity contribution is -0.137. The highest BCUT2D eigenvalue weighted by molar-refractivity contribution is 7.20. The lowest BCUT2D eigenvalue weighted by Crippen LogP contribution is -2.27. The molecule has 0 radical (unpaired) electrons. The summed E-state index contributed by atoms with van der Waals surface area (Å²) < 4.78 is 1.79. The molecule has 0 aliphatic heterocycles. The Kier molecular flexibility index (Phi) is 5.29. The maximum absolute atomic E-state index is 12.6. The van der Waals surface area contributed by atoms with Gasteiger partial charge >= 0.3 is 5.97 Å². The number of amides is 1. The van der Waals surface area contributed by atoms with Gasteiger partial charge in [0.25, 0.3) is 5.91 Å². The van der Waals surface area contributed by atoms with Crippen molar-refractivity contribution < 1.29 is 14.7 Å². The van der Waals surface area contributed by atoms with E-state index in [1.54, 1.807) is 22.7 Å². The van der Waals surface area contributed by atoms with Crippen LogP contribution >= 0.6 is 22.9 Å². The number of thiophene rings is 1. The van der Waals surface area contributed by atoms with Gasteiger partial charge in [-0.1, -0.05) is 17.7 Å². The zero-order valence-corrected chi connectivity index (χ0v) is 16.0. The fourth-order valence-corrected chi connectivity index (χ4v) is 4.05. The molecule has 3 rings (SSSR count). The first-order chi connectivity index (χ1) is 12.4. The molecule has 0 fully saturated rings. The van der Waals surface area contributed by atoms with E-state index < -0.39 is 5.97 Å². The number of aryl methyl sites for hydroxylation is 1. The normalized spacial score (nSPS) is 11.0. The van der Waals surface area contributed by atoms with E-state index in [9.17, 15) is 9.59 Å². The first-order valence-corrected chi connectivity index (χ1v) is 9.28. The number of aromatic nitrogens is 2. The van der Waals surface area contributed by atoms with Crippen molar-refractivity contribution in [3.05, 3.63) is 45.9 Å². The van der Waals surface area contributed by atoms with E-state index in [1.807, 2.05) is 31.2 Å². The lowest BCUT2D eigenvalue weighted by atomic mass is 10.2. The number of aliphatic carboxylic acids is 1. The molecule has 2 heterocycles. The van der Waals surface area contributed by atoms with Crippen molar-refractivity contribution in [1.29, 1.82) is 0 Å². The average molecular weight is 392 g/mol. The zero-order chi connectivity index (χ0) is 18.8. The Balaban J connectivity index is 1.88. The van der Waals surface area contributed by atoms with Crippen molar-refractivity contribution in [3.8, 4) is 5.69 Å². The molecule has 6 nitrogen and oxygen atoms in total. The van der Waals surface area contributed by atoms with Crippen LogP contribution in [0, 0.1) is 6.92 Å². The quantitative estimate of drug-likeness (QED) is 0.689. The molecule has 8 heteroatoms. The van der Waals surface area contributed by atoms with Crippen LogP contribution in [0.25, 0.3) is 15.9 Å². The highest BCUT2D eigenvalue weighted by Gasteiger charge is 2.19. The fraction of sp³-hybridized carbons (Fsp3) is 0.278. The Morgan fingerprint density at radius 2 is 2.12 bits per heavy atom. The van der Waals surface area contributed by atoms with Crippen LogP contribution in [-0.4, -0.2) is 45.3 Å². The van der Waals surface area contributed by atoms with Crippen LogP contribution in [0.15, 0.2) is 30.3 Å². The number of carbonyl (C=O) groups is 2. The molecule has 0 saturated carbocycles. The van der Waals surface area contributed by atoms with Crippen LogP contribution in [0.5, 0.6) is 0 Å². The second-order valence-corrected chi connectivity index (χ2v) is 7.50. The summed E-state index contributed by atoms with van der Waals surface area (Å²) in [6.45, 7) is 2.31. The van der Waals surface area contributed by atoms with Crippen LogP contribution in [0.4, 0.5) is 0 Å². The lowest BCUT2D eigenvalue weighted by Gasteiger charge is -2.15. The second-order valence-electron chi connectivity index (χ2n) is 6.03. The third-order valence-electron chi connectivity index (χ3n) is 4.04. The largest absolute Gasteiger partial charge is 0.481 e. The van der Waals surface area contributed by atoms with Gasteiger partial charge in [-0.2, -0.15) is 5.10 Å². The number of benzene rings is 1. The van der Waals surface area contributed by atoms with Gasteiger partial charge in [0.2, 0.25) is 0 Å². The number of hydrogen-bond acceptors (Lipinski definition) is 4. The molecule has 1 aromatic carbocycles. The number of hydrogen-bond donors (Lipinski definition) is 1. The molecule has 2 aromatic heterocycles. The van der Waals surface area contributed by atoms with E-state index in [1.165, 1.54) is 11.3 Å². The maximum atomic E-state index is 12.6. The molecule has 0 unspecified atom stereocenters. The minimum Gasteiger partial charge on any atom is -0.481 e. The van der Waals surface area contributed by atoms with Crippen LogP contribution in [-0.2, 0) is 4.79 Å². The van der Waals surface area contributed by atoms with E-state index in [0.29, 0.717) is 22.9 Å². The predicted molar refractivity (Wildman–Crippen MR) is 103 cm³/mol. The summed E-state index contributed by atoms with van der Waals surface area (Å²) in [4.78, 5) is 26.3. The summed E-state index contributed by atoms with van der Waals surface area (Å²) in [6, 6.07) is 9.24. The summed E-state index contributed by atoms with van der Waals surface area (Å²) in [5, 5.41) is 14.8. The van der Waals surface area contributed by atoms with Gasteiger partial charge in [0.1, 0.15) is 4.83 Å². The van der Waals surface area contributed by atoms with Gasteiger partial charge in [0.05, 0.1) is 16.3 Å². The van der Waals surface area contributed by atoms with E-state index in [0.717, 1.165) is 21.6 Å². The van der Waals surface area contributed by atoms with Gasteiger partial charge in [-0.05, 0) is 37.6 Å². The Morgan fingerprint density at radius 3 is 2.81 bits per heavy atom. The third kappa shape index (κ3) is 3.73. The first kappa shape index (κ1) is 18.4.